The van der Waals surface area contributed by atoms with E-state index in [1.54, 1.807) is 0 Å². The Morgan fingerprint density at radius 1 is 0.958 bits per heavy atom. The van der Waals surface area contributed by atoms with Crippen molar-refractivity contribution in [3.63, 3.8) is 0 Å². The highest BCUT2D eigenvalue weighted by molar-refractivity contribution is 5.31. The van der Waals surface area contributed by atoms with Crippen LogP contribution in [0, 0.1) is 5.82 Å². The first-order chi connectivity index (χ1) is 11.8. The van der Waals surface area contributed by atoms with Crippen LogP contribution in [-0.2, 0) is 13.1 Å². The van der Waals surface area contributed by atoms with E-state index in [4.69, 9.17) is 0 Å². The molecule has 0 aliphatic heterocycles. The third-order valence-electron chi connectivity index (χ3n) is 4.40. The first-order valence-corrected chi connectivity index (χ1v) is 8.35. The molecule has 1 aliphatic rings. The predicted octanol–water partition coefficient (Wildman–Crippen LogP) is 4.18. The van der Waals surface area contributed by atoms with E-state index in [0.717, 1.165) is 24.3 Å². The Kier molecular flexibility index (Phi) is 4.13. The van der Waals surface area contributed by atoms with Gasteiger partial charge in [-0.2, -0.15) is 5.10 Å². The molecule has 0 radical (unpaired) electrons. The monoisotopic (exact) mass is 321 g/mol. The zero-order chi connectivity index (χ0) is 16.4. The summed E-state index contributed by atoms with van der Waals surface area (Å²) in [5.41, 5.74) is 3.42. The number of hydrogen-bond donors (Lipinski definition) is 0. The number of aromatic nitrogens is 2. The van der Waals surface area contributed by atoms with Crippen LogP contribution < -0.4 is 0 Å². The number of para-hydroxylation sites is 1. The van der Waals surface area contributed by atoms with Crippen molar-refractivity contribution in [1.82, 2.24) is 14.7 Å². The van der Waals surface area contributed by atoms with Crippen molar-refractivity contribution in [1.29, 1.82) is 0 Å². The number of benzene rings is 2. The van der Waals surface area contributed by atoms with Crippen LogP contribution in [0.1, 0.15) is 24.0 Å². The zero-order valence-electron chi connectivity index (χ0n) is 13.5. The standard InChI is InChI=1S/C20H20FN3/c21-18-8-6-16(7-9-18)13-23(19-10-11-19)14-17-12-22-24(15-17)20-4-2-1-3-5-20/h1-9,12,15,19H,10-11,13-14H2. The molecule has 0 unspecified atom stereocenters. The van der Waals surface area contributed by atoms with Crippen molar-refractivity contribution in [2.45, 2.75) is 32.0 Å². The molecular formula is C20H20FN3. The minimum atomic E-state index is -0.180. The molecule has 4 rings (SSSR count). The van der Waals surface area contributed by atoms with Crippen molar-refractivity contribution in [2.24, 2.45) is 0 Å². The Bertz CT molecular complexity index is 791. The molecule has 1 saturated carbocycles. The lowest BCUT2D eigenvalue weighted by molar-refractivity contribution is 0.245. The lowest BCUT2D eigenvalue weighted by Crippen LogP contribution is -2.24. The molecule has 0 N–H and O–H groups in total. The normalized spacial score (nSPS) is 14.2. The molecule has 1 aliphatic carbocycles. The van der Waals surface area contributed by atoms with Gasteiger partial charge in [-0.25, -0.2) is 9.07 Å². The molecule has 0 bridgehead atoms. The van der Waals surface area contributed by atoms with E-state index >= 15 is 0 Å². The summed E-state index contributed by atoms with van der Waals surface area (Å²) < 4.78 is 15.0. The second-order valence-corrected chi connectivity index (χ2v) is 6.39. The van der Waals surface area contributed by atoms with Gasteiger partial charge in [0.2, 0.25) is 0 Å². The van der Waals surface area contributed by atoms with E-state index in [0.29, 0.717) is 6.04 Å². The van der Waals surface area contributed by atoms with E-state index in [9.17, 15) is 4.39 Å². The van der Waals surface area contributed by atoms with Crippen LogP contribution in [0.2, 0.25) is 0 Å². The number of hydrogen-bond acceptors (Lipinski definition) is 2. The summed E-state index contributed by atoms with van der Waals surface area (Å²) in [5.74, 6) is -0.180. The Morgan fingerprint density at radius 3 is 2.38 bits per heavy atom. The molecule has 0 amide bonds. The molecule has 1 fully saturated rings. The fourth-order valence-corrected chi connectivity index (χ4v) is 2.98. The Labute approximate surface area is 141 Å². The van der Waals surface area contributed by atoms with Crippen molar-refractivity contribution in [2.75, 3.05) is 0 Å². The van der Waals surface area contributed by atoms with Crippen LogP contribution >= 0.6 is 0 Å². The molecule has 1 heterocycles. The van der Waals surface area contributed by atoms with Gasteiger partial charge < -0.3 is 0 Å². The van der Waals surface area contributed by atoms with Gasteiger partial charge in [0.25, 0.3) is 0 Å². The second-order valence-electron chi connectivity index (χ2n) is 6.39. The second kappa shape index (κ2) is 6.57. The largest absolute Gasteiger partial charge is 0.292 e. The minimum absolute atomic E-state index is 0.180. The smallest absolute Gasteiger partial charge is 0.123 e. The molecule has 2 aromatic carbocycles. The van der Waals surface area contributed by atoms with E-state index in [2.05, 4.69) is 16.2 Å². The highest BCUT2D eigenvalue weighted by Gasteiger charge is 2.29. The van der Waals surface area contributed by atoms with Crippen LogP contribution in [0.3, 0.4) is 0 Å². The fraction of sp³-hybridized carbons (Fsp3) is 0.250. The van der Waals surface area contributed by atoms with Crippen LogP contribution in [0.15, 0.2) is 67.0 Å². The van der Waals surface area contributed by atoms with E-state index in [1.807, 2.05) is 53.3 Å². The van der Waals surface area contributed by atoms with Gasteiger partial charge in [-0.05, 0) is 42.7 Å². The van der Waals surface area contributed by atoms with Crippen LogP contribution in [0.25, 0.3) is 5.69 Å². The summed E-state index contributed by atoms with van der Waals surface area (Å²) in [7, 11) is 0. The average Bonchev–Trinajstić information content (AvgIpc) is 3.36. The summed E-state index contributed by atoms with van der Waals surface area (Å²) in [6.07, 6.45) is 6.52. The quantitative estimate of drug-likeness (QED) is 0.679. The maximum atomic E-state index is 13.1. The number of halogens is 1. The zero-order valence-corrected chi connectivity index (χ0v) is 13.5. The van der Waals surface area contributed by atoms with Gasteiger partial charge >= 0.3 is 0 Å². The van der Waals surface area contributed by atoms with Gasteiger partial charge in [0.15, 0.2) is 0 Å². The van der Waals surface area contributed by atoms with Crippen LogP contribution in [-0.4, -0.2) is 20.7 Å². The third-order valence-corrected chi connectivity index (χ3v) is 4.40. The highest BCUT2D eigenvalue weighted by atomic mass is 19.1. The molecule has 0 saturated heterocycles. The van der Waals surface area contributed by atoms with Gasteiger partial charge in [0, 0.05) is 30.9 Å². The molecule has 3 nitrogen and oxygen atoms in total. The van der Waals surface area contributed by atoms with E-state index in [1.165, 1.54) is 30.5 Å². The molecule has 24 heavy (non-hydrogen) atoms. The van der Waals surface area contributed by atoms with Gasteiger partial charge in [0.1, 0.15) is 5.82 Å². The lowest BCUT2D eigenvalue weighted by atomic mass is 10.2. The Hall–Kier alpha value is -2.46. The van der Waals surface area contributed by atoms with Gasteiger partial charge in [0.05, 0.1) is 11.9 Å². The SMILES string of the molecule is Fc1ccc(CN(Cc2cnn(-c3ccccc3)c2)C2CC2)cc1. The molecule has 3 aromatic rings. The van der Waals surface area contributed by atoms with Gasteiger partial charge in [-0.3, -0.25) is 4.90 Å². The molecule has 0 atom stereocenters. The average molecular weight is 321 g/mol. The first kappa shape index (κ1) is 15.1. The fourth-order valence-electron chi connectivity index (χ4n) is 2.98. The Morgan fingerprint density at radius 2 is 1.67 bits per heavy atom. The Balaban J connectivity index is 1.47. The summed E-state index contributed by atoms with van der Waals surface area (Å²) in [6.45, 7) is 1.72. The summed E-state index contributed by atoms with van der Waals surface area (Å²) in [5, 5.41) is 4.48. The van der Waals surface area contributed by atoms with Crippen molar-refractivity contribution < 1.29 is 4.39 Å². The van der Waals surface area contributed by atoms with Crippen LogP contribution in [0.4, 0.5) is 4.39 Å². The summed E-state index contributed by atoms with van der Waals surface area (Å²) in [6, 6.07) is 17.6. The van der Waals surface area contributed by atoms with E-state index in [-0.39, 0.29) is 5.82 Å². The molecule has 122 valence electrons. The maximum absolute atomic E-state index is 13.1. The van der Waals surface area contributed by atoms with Crippen molar-refractivity contribution >= 4 is 0 Å². The lowest BCUT2D eigenvalue weighted by Gasteiger charge is -2.21. The van der Waals surface area contributed by atoms with Crippen LogP contribution in [0.5, 0.6) is 0 Å². The summed E-state index contributed by atoms with van der Waals surface area (Å²) in [4.78, 5) is 2.46. The number of rotatable bonds is 6. The molecule has 1 aromatic heterocycles. The predicted molar refractivity (Wildman–Crippen MR) is 92.2 cm³/mol. The number of nitrogens with zero attached hydrogens (tertiary/aromatic N) is 3. The topological polar surface area (TPSA) is 21.1 Å². The minimum Gasteiger partial charge on any atom is -0.292 e. The van der Waals surface area contributed by atoms with Gasteiger partial charge in [-0.15, -0.1) is 0 Å². The highest BCUT2D eigenvalue weighted by Crippen LogP contribution is 2.30. The van der Waals surface area contributed by atoms with E-state index < -0.39 is 0 Å². The van der Waals surface area contributed by atoms with Crippen molar-refractivity contribution in [3.05, 3.63) is 83.9 Å². The van der Waals surface area contributed by atoms with Gasteiger partial charge in [-0.1, -0.05) is 30.3 Å². The summed E-state index contributed by atoms with van der Waals surface area (Å²) >= 11 is 0. The first-order valence-electron chi connectivity index (χ1n) is 8.35. The molecular weight excluding hydrogens is 301 g/mol. The van der Waals surface area contributed by atoms with Crippen molar-refractivity contribution in [3.8, 4) is 5.69 Å². The maximum Gasteiger partial charge on any atom is 0.123 e. The molecule has 4 heteroatoms. The third kappa shape index (κ3) is 3.54. The molecule has 0 spiro atoms.